The van der Waals surface area contributed by atoms with Gasteiger partial charge in [0.1, 0.15) is 19.3 Å². The third-order valence-corrected chi connectivity index (χ3v) is 14.9. The van der Waals surface area contributed by atoms with E-state index in [2.05, 4.69) is 0 Å². The van der Waals surface area contributed by atoms with Crippen molar-refractivity contribution < 1.29 is 42.2 Å². The van der Waals surface area contributed by atoms with E-state index in [1.807, 2.05) is 119 Å². The van der Waals surface area contributed by atoms with Crippen LogP contribution in [0, 0.1) is 0 Å². The van der Waals surface area contributed by atoms with E-state index >= 15 is 0 Å². The Morgan fingerprint density at radius 3 is 1.43 bits per heavy atom. The van der Waals surface area contributed by atoms with Crippen molar-refractivity contribution in [2.45, 2.75) is 38.6 Å². The molecule has 0 fully saturated rings. The fourth-order valence-electron chi connectivity index (χ4n) is 6.70. The van der Waals surface area contributed by atoms with E-state index in [9.17, 15) is 14.5 Å². The standard InChI is InChI=1S/C42H33O9PS4/c43-21-34(51-52(45,48-24-32-11-3-7-28-15-19-55-40(28)32)49-25-33-12-4-8-29-16-20-56-41(29)33)35-36(46-22-30-9-1-5-26-13-17-53-38(26)30)37(42(44)50-35)47-23-31-10-2-6-27-14-18-54-39(27)31/h1-20,34-35,43H,21-25H2. The van der Waals surface area contributed by atoms with Crippen LogP contribution in [0.3, 0.4) is 0 Å². The first-order valence-corrected chi connectivity index (χ1v) is 22.6. The fourth-order valence-corrected chi connectivity index (χ4v) is 11.6. The van der Waals surface area contributed by atoms with Crippen LogP contribution in [0.2, 0.25) is 0 Å². The lowest BCUT2D eigenvalue weighted by atomic mass is 10.1. The molecule has 9 rings (SSSR count). The molecule has 2 atom stereocenters. The lowest BCUT2D eigenvalue weighted by molar-refractivity contribution is -0.148. The van der Waals surface area contributed by atoms with Crippen molar-refractivity contribution in [2.75, 3.05) is 6.61 Å². The summed E-state index contributed by atoms with van der Waals surface area (Å²) in [6.45, 7) is -0.807. The average Bonchev–Trinajstić information content (AvgIpc) is 4.07. The predicted molar refractivity (Wildman–Crippen MR) is 223 cm³/mol. The molecule has 4 aromatic carbocycles. The fraction of sp³-hybridized carbons (Fsp3) is 0.167. The van der Waals surface area contributed by atoms with Gasteiger partial charge in [0.25, 0.3) is 0 Å². The number of aliphatic hydroxyl groups excluding tert-OH is 1. The number of rotatable bonds is 16. The largest absolute Gasteiger partial charge is 0.485 e. The molecule has 8 aromatic rings. The molecule has 1 N–H and O–H groups in total. The molecule has 0 radical (unpaired) electrons. The Balaban J connectivity index is 1.03. The smallest absolute Gasteiger partial charge is 0.475 e. The quantitative estimate of drug-likeness (QED) is 0.0751. The van der Waals surface area contributed by atoms with E-state index in [0.29, 0.717) is 0 Å². The van der Waals surface area contributed by atoms with Crippen LogP contribution >= 0.6 is 53.2 Å². The number of hydrogen-bond donors (Lipinski definition) is 1. The van der Waals surface area contributed by atoms with Gasteiger partial charge < -0.3 is 19.3 Å². The summed E-state index contributed by atoms with van der Waals surface area (Å²) >= 11 is 6.24. The maximum atomic E-state index is 14.8. The number of phosphoric acid groups is 1. The zero-order valence-electron chi connectivity index (χ0n) is 29.5. The molecule has 56 heavy (non-hydrogen) atoms. The summed E-state index contributed by atoms with van der Waals surface area (Å²) in [5.41, 5.74) is 3.35. The normalized spacial score (nSPS) is 15.4. The first-order valence-electron chi connectivity index (χ1n) is 17.7. The van der Waals surface area contributed by atoms with E-state index in [4.69, 9.17) is 27.8 Å². The highest BCUT2D eigenvalue weighted by molar-refractivity contribution is 7.48. The molecule has 5 heterocycles. The van der Waals surface area contributed by atoms with Gasteiger partial charge in [-0.05, 0) is 78.5 Å². The molecule has 9 nitrogen and oxygen atoms in total. The monoisotopic (exact) mass is 840 g/mol. The molecule has 1 aliphatic heterocycles. The topological polar surface area (TPSA) is 110 Å². The number of aliphatic hydroxyl groups is 1. The Morgan fingerprint density at radius 1 is 0.589 bits per heavy atom. The van der Waals surface area contributed by atoms with Crippen LogP contribution in [0.25, 0.3) is 40.3 Å². The molecular formula is C42H33O9PS4. The zero-order chi connectivity index (χ0) is 38.1. The number of benzene rings is 4. The minimum Gasteiger partial charge on any atom is -0.485 e. The molecule has 284 valence electrons. The Bertz CT molecular complexity index is 2680. The highest BCUT2D eigenvalue weighted by atomic mass is 32.1. The first-order chi connectivity index (χ1) is 27.5. The van der Waals surface area contributed by atoms with Gasteiger partial charge in [0, 0.05) is 29.9 Å². The molecule has 0 amide bonds. The second-order valence-electron chi connectivity index (χ2n) is 12.9. The van der Waals surface area contributed by atoms with Crippen molar-refractivity contribution in [1.29, 1.82) is 0 Å². The predicted octanol–water partition coefficient (Wildman–Crippen LogP) is 11.3. The lowest BCUT2D eigenvalue weighted by Gasteiger charge is -2.27. The number of cyclic esters (lactones) is 1. The van der Waals surface area contributed by atoms with Crippen LogP contribution in [-0.2, 0) is 63.6 Å². The van der Waals surface area contributed by atoms with Crippen LogP contribution in [-0.4, -0.2) is 29.9 Å². The number of thiophene rings is 4. The number of hydrogen-bond acceptors (Lipinski definition) is 13. The Morgan fingerprint density at radius 2 is 1.00 bits per heavy atom. The summed E-state index contributed by atoms with van der Waals surface area (Å²) in [5, 5.41) is 23.0. The molecule has 0 saturated heterocycles. The minimum atomic E-state index is -4.50. The van der Waals surface area contributed by atoms with Crippen molar-refractivity contribution in [2.24, 2.45) is 0 Å². The number of carbonyl (C=O) groups is 1. The van der Waals surface area contributed by atoms with E-state index < -0.39 is 32.6 Å². The van der Waals surface area contributed by atoms with Gasteiger partial charge >= 0.3 is 13.8 Å². The number of phosphoric ester groups is 1. The number of carbonyl (C=O) groups excluding carboxylic acids is 1. The summed E-state index contributed by atoms with van der Waals surface area (Å²) in [5.74, 6) is -0.946. The van der Waals surface area contributed by atoms with Crippen LogP contribution < -0.4 is 0 Å². The SMILES string of the molecule is O=C1OC(C(CO)OP(=O)(OCc2cccc3ccsc23)OCc2cccc3ccsc23)C(OCc2cccc3ccsc23)=C1OCc1cccc2ccsc12. The third kappa shape index (κ3) is 7.55. The number of esters is 1. The summed E-state index contributed by atoms with van der Waals surface area (Å²) in [6.07, 6.45) is -2.77. The molecule has 0 bridgehead atoms. The van der Waals surface area contributed by atoms with Gasteiger partial charge in [0.15, 0.2) is 11.9 Å². The molecular weight excluding hydrogens is 808 g/mol. The van der Waals surface area contributed by atoms with Crippen molar-refractivity contribution in [3.8, 4) is 0 Å². The molecule has 0 spiro atoms. The van der Waals surface area contributed by atoms with Gasteiger partial charge in [-0.15, -0.1) is 45.3 Å². The van der Waals surface area contributed by atoms with Crippen LogP contribution in [0.15, 0.2) is 130 Å². The van der Waals surface area contributed by atoms with E-state index in [1.54, 1.807) is 45.3 Å². The Kier molecular flexibility index (Phi) is 10.8. The summed E-state index contributed by atoms with van der Waals surface area (Å²) in [6, 6.07) is 31.4. The van der Waals surface area contributed by atoms with Crippen molar-refractivity contribution >= 4 is 99.5 Å². The van der Waals surface area contributed by atoms with Gasteiger partial charge in [-0.2, -0.15) is 0 Å². The maximum absolute atomic E-state index is 14.8. The van der Waals surface area contributed by atoms with Gasteiger partial charge in [0.2, 0.25) is 5.76 Å². The minimum absolute atomic E-state index is 0.0132. The summed E-state index contributed by atoms with van der Waals surface area (Å²) < 4.78 is 55.6. The molecule has 0 aliphatic carbocycles. The van der Waals surface area contributed by atoms with Crippen LogP contribution in [0.1, 0.15) is 22.3 Å². The zero-order valence-corrected chi connectivity index (χ0v) is 33.7. The second kappa shape index (κ2) is 16.2. The number of fused-ring (bicyclic) bond motifs is 4. The van der Waals surface area contributed by atoms with Gasteiger partial charge in [0.05, 0.1) is 19.8 Å². The molecule has 0 saturated carbocycles. The summed E-state index contributed by atoms with van der Waals surface area (Å²) in [7, 11) is -4.50. The van der Waals surface area contributed by atoms with Crippen LogP contribution in [0.5, 0.6) is 0 Å². The van der Waals surface area contributed by atoms with E-state index in [0.717, 1.165) is 62.6 Å². The summed E-state index contributed by atoms with van der Waals surface area (Å²) in [4.78, 5) is 13.7. The maximum Gasteiger partial charge on any atom is 0.475 e. The van der Waals surface area contributed by atoms with Gasteiger partial charge in [-0.25, -0.2) is 9.36 Å². The second-order valence-corrected chi connectivity index (χ2v) is 18.2. The molecule has 14 heteroatoms. The lowest BCUT2D eigenvalue weighted by Crippen LogP contribution is -2.35. The Labute approximate surface area is 337 Å². The van der Waals surface area contributed by atoms with Crippen molar-refractivity contribution in [3.63, 3.8) is 0 Å². The van der Waals surface area contributed by atoms with Crippen LogP contribution in [0.4, 0.5) is 0 Å². The molecule has 2 unspecified atom stereocenters. The highest BCUT2D eigenvalue weighted by Gasteiger charge is 2.46. The Hall–Kier alpha value is -4.40. The first kappa shape index (κ1) is 37.2. The van der Waals surface area contributed by atoms with Gasteiger partial charge in [-0.3, -0.25) is 13.6 Å². The van der Waals surface area contributed by atoms with Crippen molar-refractivity contribution in [3.05, 3.63) is 152 Å². The molecule has 4 aromatic heterocycles. The number of ether oxygens (including phenoxy) is 3. The molecule has 1 aliphatic rings. The van der Waals surface area contributed by atoms with Crippen molar-refractivity contribution in [1.82, 2.24) is 0 Å². The average molecular weight is 841 g/mol. The van der Waals surface area contributed by atoms with E-state index in [-0.39, 0.29) is 37.9 Å². The van der Waals surface area contributed by atoms with E-state index in [1.165, 1.54) is 0 Å². The van der Waals surface area contributed by atoms with Gasteiger partial charge in [-0.1, -0.05) is 72.8 Å². The third-order valence-electron chi connectivity index (χ3n) is 9.44. The highest BCUT2D eigenvalue weighted by Crippen LogP contribution is 2.54.